The molecule has 3 aromatic rings. The number of furan rings is 1. The average Bonchev–Trinajstić information content (AvgIpc) is 3.37. The van der Waals surface area contributed by atoms with Crippen LogP contribution in [0.5, 0.6) is 0 Å². The van der Waals surface area contributed by atoms with Gasteiger partial charge in [-0.25, -0.2) is 9.18 Å². The number of anilines is 1. The Hall–Kier alpha value is -4.27. The number of esters is 1. The van der Waals surface area contributed by atoms with Crippen molar-refractivity contribution in [2.75, 3.05) is 11.9 Å². The highest BCUT2D eigenvalue weighted by Crippen LogP contribution is 2.26. The van der Waals surface area contributed by atoms with Crippen LogP contribution >= 0.6 is 0 Å². The fourth-order valence-corrected chi connectivity index (χ4v) is 3.24. The maximum atomic E-state index is 13.8. The molecule has 0 spiro atoms. The predicted molar refractivity (Wildman–Crippen MR) is 109 cm³/mol. The second kappa shape index (κ2) is 8.46. The number of aryl methyl sites for hydroxylation is 1. The Bertz CT molecular complexity index is 1240. The topological polar surface area (TPSA) is 106 Å². The number of rotatable bonds is 6. The Morgan fingerprint density at radius 3 is 2.56 bits per heavy atom. The molecule has 162 valence electrons. The van der Waals surface area contributed by atoms with Crippen LogP contribution in [-0.2, 0) is 16.1 Å². The van der Waals surface area contributed by atoms with E-state index in [1.165, 1.54) is 36.6 Å². The van der Waals surface area contributed by atoms with Gasteiger partial charge in [0, 0.05) is 0 Å². The quantitative estimate of drug-likeness (QED) is 0.469. The van der Waals surface area contributed by atoms with Crippen LogP contribution in [0, 0.1) is 12.7 Å². The van der Waals surface area contributed by atoms with Gasteiger partial charge in [-0.05, 0) is 55.0 Å². The summed E-state index contributed by atoms with van der Waals surface area (Å²) in [5.41, 5.74) is 0.876. The van der Waals surface area contributed by atoms with Crippen molar-refractivity contribution in [2.45, 2.75) is 13.5 Å². The van der Waals surface area contributed by atoms with Crippen molar-refractivity contribution in [3.8, 4) is 0 Å². The third-order valence-corrected chi connectivity index (χ3v) is 4.83. The van der Waals surface area contributed by atoms with E-state index in [0.717, 1.165) is 4.90 Å². The number of imide groups is 1. The number of halogens is 1. The normalized spacial score (nSPS) is 12.6. The summed E-state index contributed by atoms with van der Waals surface area (Å²) >= 11 is 0. The summed E-state index contributed by atoms with van der Waals surface area (Å²) in [6, 6.07) is 11.5. The summed E-state index contributed by atoms with van der Waals surface area (Å²) < 4.78 is 24.0. The van der Waals surface area contributed by atoms with E-state index in [9.17, 15) is 23.6 Å². The largest absolute Gasteiger partial charge is 0.467 e. The molecule has 1 aromatic heterocycles. The third kappa shape index (κ3) is 4.13. The number of hydrogen-bond acceptors (Lipinski definition) is 6. The van der Waals surface area contributed by atoms with Crippen molar-refractivity contribution in [2.24, 2.45) is 0 Å². The number of benzene rings is 2. The standard InChI is InChI=1S/C23H17FN2O6/c1-13-4-7-19(18(24)9-13)25-20(27)12-32-23(30)14-5-6-16-17(10-14)22(29)26(21(16)28)11-15-3-2-8-31-15/h2-10H,11-12H2,1H3,(H,25,27). The van der Waals surface area contributed by atoms with Gasteiger partial charge in [0.05, 0.1) is 35.2 Å². The first kappa shape index (κ1) is 21.0. The number of nitrogens with one attached hydrogen (secondary N) is 1. The lowest BCUT2D eigenvalue weighted by Crippen LogP contribution is -2.28. The summed E-state index contributed by atoms with van der Waals surface area (Å²) in [5.74, 6) is -2.82. The van der Waals surface area contributed by atoms with Crippen LogP contribution in [0.4, 0.5) is 10.1 Å². The first-order valence-electron chi connectivity index (χ1n) is 9.59. The molecule has 8 nitrogen and oxygen atoms in total. The zero-order valence-electron chi connectivity index (χ0n) is 16.9. The van der Waals surface area contributed by atoms with Crippen LogP contribution < -0.4 is 5.32 Å². The fraction of sp³-hybridized carbons (Fsp3) is 0.130. The summed E-state index contributed by atoms with van der Waals surface area (Å²) in [6.07, 6.45) is 1.44. The fourth-order valence-electron chi connectivity index (χ4n) is 3.24. The van der Waals surface area contributed by atoms with Crippen molar-refractivity contribution >= 4 is 29.4 Å². The maximum absolute atomic E-state index is 13.8. The minimum Gasteiger partial charge on any atom is -0.467 e. The van der Waals surface area contributed by atoms with Gasteiger partial charge in [0.15, 0.2) is 6.61 Å². The van der Waals surface area contributed by atoms with Gasteiger partial charge in [-0.3, -0.25) is 19.3 Å². The number of fused-ring (bicyclic) bond motifs is 1. The molecule has 0 saturated heterocycles. The van der Waals surface area contributed by atoms with Crippen molar-refractivity contribution in [1.29, 1.82) is 0 Å². The highest BCUT2D eigenvalue weighted by molar-refractivity contribution is 6.21. The van der Waals surface area contributed by atoms with Crippen LogP contribution in [0.2, 0.25) is 0 Å². The zero-order valence-corrected chi connectivity index (χ0v) is 16.9. The number of hydrogen-bond donors (Lipinski definition) is 1. The van der Waals surface area contributed by atoms with Crippen LogP contribution in [-0.4, -0.2) is 35.2 Å². The van der Waals surface area contributed by atoms with Gasteiger partial charge in [-0.2, -0.15) is 0 Å². The molecule has 1 aliphatic rings. The van der Waals surface area contributed by atoms with E-state index < -0.39 is 36.1 Å². The molecule has 32 heavy (non-hydrogen) atoms. The Morgan fingerprint density at radius 2 is 1.84 bits per heavy atom. The molecule has 0 fully saturated rings. The van der Waals surface area contributed by atoms with Gasteiger partial charge < -0.3 is 14.5 Å². The Labute approximate surface area is 181 Å². The van der Waals surface area contributed by atoms with Crippen molar-refractivity contribution in [3.05, 3.63) is 88.6 Å². The minimum absolute atomic E-state index is 0.000866. The zero-order chi connectivity index (χ0) is 22.8. The molecule has 0 saturated carbocycles. The van der Waals surface area contributed by atoms with E-state index in [2.05, 4.69) is 5.32 Å². The second-order valence-electron chi connectivity index (χ2n) is 7.14. The molecule has 0 atom stereocenters. The molecule has 1 aliphatic heterocycles. The molecule has 0 radical (unpaired) electrons. The molecular weight excluding hydrogens is 419 g/mol. The molecule has 1 N–H and O–H groups in total. The monoisotopic (exact) mass is 436 g/mol. The molecule has 9 heteroatoms. The van der Waals surface area contributed by atoms with Gasteiger partial charge in [0.1, 0.15) is 11.6 Å². The first-order valence-corrected chi connectivity index (χ1v) is 9.59. The van der Waals surface area contributed by atoms with Gasteiger partial charge in [0.2, 0.25) is 0 Å². The Morgan fingerprint density at radius 1 is 1.06 bits per heavy atom. The van der Waals surface area contributed by atoms with E-state index in [1.807, 2.05) is 0 Å². The highest BCUT2D eigenvalue weighted by atomic mass is 19.1. The number of nitrogens with zero attached hydrogens (tertiary/aromatic N) is 1. The van der Waals surface area contributed by atoms with E-state index in [4.69, 9.17) is 9.15 Å². The van der Waals surface area contributed by atoms with Gasteiger partial charge in [-0.15, -0.1) is 0 Å². The summed E-state index contributed by atoms with van der Waals surface area (Å²) in [6.45, 7) is 1.03. The minimum atomic E-state index is -0.864. The van der Waals surface area contributed by atoms with E-state index >= 15 is 0 Å². The smallest absolute Gasteiger partial charge is 0.338 e. The third-order valence-electron chi connectivity index (χ3n) is 4.83. The summed E-state index contributed by atoms with van der Waals surface area (Å²) in [5, 5.41) is 2.32. The number of ether oxygens (including phenoxy) is 1. The number of amides is 3. The maximum Gasteiger partial charge on any atom is 0.338 e. The van der Waals surface area contributed by atoms with Gasteiger partial charge in [-0.1, -0.05) is 6.07 Å². The molecule has 0 bridgehead atoms. The lowest BCUT2D eigenvalue weighted by atomic mass is 10.1. The molecule has 0 unspecified atom stereocenters. The first-order chi connectivity index (χ1) is 15.3. The average molecular weight is 436 g/mol. The van der Waals surface area contributed by atoms with Crippen LogP contribution in [0.3, 0.4) is 0 Å². The van der Waals surface area contributed by atoms with Gasteiger partial charge >= 0.3 is 5.97 Å². The SMILES string of the molecule is Cc1ccc(NC(=O)COC(=O)c2ccc3c(c2)C(=O)N(Cc2ccco2)C3=O)c(F)c1. The lowest BCUT2D eigenvalue weighted by Gasteiger charge is -2.11. The molecule has 4 rings (SSSR count). The highest BCUT2D eigenvalue weighted by Gasteiger charge is 2.36. The molecular formula is C23H17FN2O6. The second-order valence-corrected chi connectivity index (χ2v) is 7.14. The Balaban J connectivity index is 1.40. The van der Waals surface area contributed by atoms with Crippen LogP contribution in [0.25, 0.3) is 0 Å². The van der Waals surface area contributed by atoms with Crippen molar-refractivity contribution in [1.82, 2.24) is 4.90 Å². The predicted octanol–water partition coefficient (Wildman–Crippen LogP) is 3.32. The van der Waals surface area contributed by atoms with E-state index in [0.29, 0.717) is 11.3 Å². The lowest BCUT2D eigenvalue weighted by molar-refractivity contribution is -0.119. The van der Waals surface area contributed by atoms with E-state index in [-0.39, 0.29) is 28.9 Å². The number of carbonyl (C=O) groups is 4. The Kier molecular flexibility index (Phi) is 5.55. The summed E-state index contributed by atoms with van der Waals surface area (Å²) in [7, 11) is 0. The van der Waals surface area contributed by atoms with Crippen LogP contribution in [0.1, 0.15) is 42.4 Å². The number of carbonyl (C=O) groups excluding carboxylic acids is 4. The summed E-state index contributed by atoms with van der Waals surface area (Å²) in [4.78, 5) is 50.5. The van der Waals surface area contributed by atoms with Crippen molar-refractivity contribution in [3.63, 3.8) is 0 Å². The molecule has 2 aromatic carbocycles. The molecule has 0 aliphatic carbocycles. The molecule has 2 heterocycles. The molecule has 3 amide bonds. The van der Waals surface area contributed by atoms with Crippen molar-refractivity contribution < 1.29 is 32.7 Å². The van der Waals surface area contributed by atoms with Gasteiger partial charge in [0.25, 0.3) is 17.7 Å². The van der Waals surface area contributed by atoms with E-state index in [1.54, 1.807) is 25.1 Å². The van der Waals surface area contributed by atoms with Crippen LogP contribution in [0.15, 0.2) is 59.2 Å².